The van der Waals surface area contributed by atoms with Crippen LogP contribution in [0, 0.1) is 0 Å². The third kappa shape index (κ3) is 2.48. The average Bonchev–Trinajstić information content (AvgIpc) is 2.26. The highest BCUT2D eigenvalue weighted by Gasteiger charge is 2.28. The predicted molar refractivity (Wildman–Crippen MR) is 67.5 cm³/mol. The summed E-state index contributed by atoms with van der Waals surface area (Å²) in [6.45, 7) is 6.51. The number of benzene rings is 1. The fourth-order valence-electron chi connectivity index (χ4n) is 1.92. The molecule has 1 N–H and O–H groups in total. The number of carboxylic acids is 1. The molecule has 1 heterocycles. The molecule has 2 rings (SSSR count). The molecule has 0 aliphatic carbocycles. The Morgan fingerprint density at radius 2 is 2.24 bits per heavy atom. The van der Waals surface area contributed by atoms with Crippen molar-refractivity contribution in [2.45, 2.75) is 43.6 Å². The highest BCUT2D eigenvalue weighted by atomic mass is 32.2. The Balaban J connectivity index is 2.49. The van der Waals surface area contributed by atoms with Crippen LogP contribution in [0.3, 0.4) is 0 Å². The first-order chi connectivity index (χ1) is 7.93. The number of ether oxygens (including phenoxy) is 1. The molecule has 0 saturated carbocycles. The van der Waals surface area contributed by atoms with Crippen molar-refractivity contribution in [2.75, 3.05) is 0 Å². The second-order valence-corrected chi connectivity index (χ2v) is 6.19. The van der Waals surface area contributed by atoms with Gasteiger partial charge in [0.05, 0.1) is 12.2 Å². The lowest BCUT2D eigenvalue weighted by molar-refractivity contribution is 0.0332. The Morgan fingerprint density at radius 3 is 2.82 bits per heavy atom. The maximum absolute atomic E-state index is 11.2. The van der Waals surface area contributed by atoms with Crippen molar-refractivity contribution < 1.29 is 14.6 Å². The van der Waals surface area contributed by atoms with Gasteiger partial charge in [-0.2, -0.15) is 0 Å². The van der Waals surface area contributed by atoms with Gasteiger partial charge in [-0.25, -0.2) is 4.79 Å². The van der Waals surface area contributed by atoms with Crippen LogP contribution in [0.4, 0.5) is 0 Å². The minimum Gasteiger partial charge on any atom is -0.478 e. The van der Waals surface area contributed by atoms with E-state index in [0.717, 1.165) is 22.4 Å². The zero-order valence-corrected chi connectivity index (χ0v) is 11.1. The van der Waals surface area contributed by atoms with E-state index < -0.39 is 5.97 Å². The van der Waals surface area contributed by atoms with Crippen molar-refractivity contribution >= 4 is 17.7 Å². The van der Waals surface area contributed by atoms with Gasteiger partial charge >= 0.3 is 5.97 Å². The number of carboxylic acid groups (broad SMARTS) is 1. The minimum atomic E-state index is -0.852. The molecule has 0 fully saturated rings. The van der Waals surface area contributed by atoms with E-state index in [1.165, 1.54) is 0 Å². The summed E-state index contributed by atoms with van der Waals surface area (Å²) in [7, 11) is 0. The molecule has 1 aliphatic heterocycles. The lowest BCUT2D eigenvalue weighted by atomic mass is 10.0. The molecule has 4 heteroatoms. The quantitative estimate of drug-likeness (QED) is 0.877. The molecule has 0 amide bonds. The van der Waals surface area contributed by atoms with Crippen molar-refractivity contribution in [3.63, 3.8) is 0 Å². The summed E-state index contributed by atoms with van der Waals surface area (Å²) in [6, 6.07) is 3.74. The zero-order valence-electron chi connectivity index (χ0n) is 10.2. The first-order valence-corrected chi connectivity index (χ1v) is 6.46. The molecule has 1 aromatic carbocycles. The maximum atomic E-state index is 11.2. The summed E-state index contributed by atoms with van der Waals surface area (Å²) in [5.41, 5.74) is 2.38. The molecule has 0 bridgehead atoms. The van der Waals surface area contributed by atoms with E-state index in [1.807, 2.05) is 26.8 Å². The third-order valence-corrected chi connectivity index (χ3v) is 4.04. The summed E-state index contributed by atoms with van der Waals surface area (Å²) in [6.07, 6.45) is 0.725. The van der Waals surface area contributed by atoms with Crippen LogP contribution < -0.4 is 0 Å². The summed E-state index contributed by atoms with van der Waals surface area (Å²) < 4.78 is 5.71. The van der Waals surface area contributed by atoms with Crippen LogP contribution in [0.2, 0.25) is 0 Å². The van der Waals surface area contributed by atoms with E-state index >= 15 is 0 Å². The fraction of sp³-hybridized carbons (Fsp3) is 0.462. The molecule has 0 saturated heterocycles. The van der Waals surface area contributed by atoms with Crippen LogP contribution in [-0.2, 0) is 17.8 Å². The Hall–Kier alpha value is -1.00. The Morgan fingerprint density at radius 1 is 1.53 bits per heavy atom. The summed E-state index contributed by atoms with van der Waals surface area (Å²) in [5, 5.41) is 9.19. The van der Waals surface area contributed by atoms with E-state index in [-0.39, 0.29) is 4.93 Å². The van der Waals surface area contributed by atoms with E-state index in [0.29, 0.717) is 12.2 Å². The van der Waals surface area contributed by atoms with Gasteiger partial charge in [-0.1, -0.05) is 24.8 Å². The van der Waals surface area contributed by atoms with Crippen LogP contribution in [0.1, 0.15) is 42.3 Å². The topological polar surface area (TPSA) is 46.5 Å². The predicted octanol–water partition coefficient (Wildman–Crippen LogP) is 3.31. The van der Waals surface area contributed by atoms with Gasteiger partial charge in [0.15, 0.2) is 0 Å². The molecule has 3 nitrogen and oxygen atoms in total. The smallest absolute Gasteiger partial charge is 0.336 e. The lowest BCUT2D eigenvalue weighted by Crippen LogP contribution is -2.24. The highest BCUT2D eigenvalue weighted by Crippen LogP contribution is 2.41. The van der Waals surface area contributed by atoms with Crippen LogP contribution in [0.15, 0.2) is 17.0 Å². The van der Waals surface area contributed by atoms with Gasteiger partial charge in [0.25, 0.3) is 0 Å². The lowest BCUT2D eigenvalue weighted by Gasteiger charge is -2.31. The molecule has 0 atom stereocenters. The van der Waals surface area contributed by atoms with Gasteiger partial charge in [0.1, 0.15) is 4.93 Å². The minimum absolute atomic E-state index is 0.281. The van der Waals surface area contributed by atoms with Crippen molar-refractivity contribution in [3.8, 4) is 0 Å². The Bertz CT molecular complexity index is 466. The van der Waals surface area contributed by atoms with Gasteiger partial charge in [-0.3, -0.25) is 0 Å². The van der Waals surface area contributed by atoms with Crippen LogP contribution >= 0.6 is 11.8 Å². The fourth-order valence-corrected chi connectivity index (χ4v) is 2.99. The largest absolute Gasteiger partial charge is 0.478 e. The normalized spacial score (nSPS) is 17.6. The number of carbonyl (C=O) groups is 1. The molecule has 0 spiro atoms. The molecule has 0 unspecified atom stereocenters. The number of rotatable bonds is 2. The standard InChI is InChI=1S/C13H16O3S/c1-4-8-5-9-7-16-13(2,3)17-11(9)6-10(8)12(14)15/h5-6H,4,7H2,1-3H3,(H,14,15). The van der Waals surface area contributed by atoms with Gasteiger partial charge in [-0.05, 0) is 37.5 Å². The zero-order chi connectivity index (χ0) is 12.6. The number of hydrogen-bond donors (Lipinski definition) is 1. The number of aryl methyl sites for hydroxylation is 1. The Labute approximate surface area is 105 Å². The number of fused-ring (bicyclic) bond motifs is 1. The molecule has 0 radical (unpaired) electrons. The van der Waals surface area contributed by atoms with Crippen molar-refractivity contribution in [1.29, 1.82) is 0 Å². The number of hydrogen-bond acceptors (Lipinski definition) is 3. The van der Waals surface area contributed by atoms with E-state index in [9.17, 15) is 9.90 Å². The van der Waals surface area contributed by atoms with Gasteiger partial charge < -0.3 is 9.84 Å². The molecule has 1 aliphatic rings. The first-order valence-electron chi connectivity index (χ1n) is 5.65. The van der Waals surface area contributed by atoms with Gasteiger partial charge in [0.2, 0.25) is 0 Å². The summed E-state index contributed by atoms with van der Waals surface area (Å²) in [5.74, 6) is -0.852. The van der Waals surface area contributed by atoms with E-state index in [4.69, 9.17) is 4.74 Å². The second kappa shape index (κ2) is 4.35. The highest BCUT2D eigenvalue weighted by molar-refractivity contribution is 8.00. The SMILES string of the molecule is CCc1cc2c(cc1C(=O)O)SC(C)(C)OC2. The molecule has 0 aromatic heterocycles. The molecule has 92 valence electrons. The van der Waals surface area contributed by atoms with Crippen molar-refractivity contribution in [2.24, 2.45) is 0 Å². The molecular formula is C13H16O3S. The third-order valence-electron chi connectivity index (χ3n) is 2.83. The number of aromatic carboxylic acids is 1. The van der Waals surface area contributed by atoms with E-state index in [1.54, 1.807) is 17.8 Å². The monoisotopic (exact) mass is 252 g/mol. The maximum Gasteiger partial charge on any atom is 0.336 e. The summed E-state index contributed by atoms with van der Waals surface area (Å²) in [4.78, 5) is 11.9. The second-order valence-electron chi connectivity index (χ2n) is 4.57. The Kier molecular flexibility index (Phi) is 3.19. The van der Waals surface area contributed by atoms with E-state index in [2.05, 4.69) is 0 Å². The van der Waals surface area contributed by atoms with Crippen LogP contribution in [0.25, 0.3) is 0 Å². The molecular weight excluding hydrogens is 236 g/mol. The molecule has 1 aromatic rings. The number of thioether (sulfide) groups is 1. The van der Waals surface area contributed by atoms with Crippen LogP contribution in [0.5, 0.6) is 0 Å². The van der Waals surface area contributed by atoms with Gasteiger partial charge in [-0.15, -0.1) is 0 Å². The summed E-state index contributed by atoms with van der Waals surface area (Å²) >= 11 is 1.58. The van der Waals surface area contributed by atoms with Crippen molar-refractivity contribution in [3.05, 3.63) is 28.8 Å². The average molecular weight is 252 g/mol. The molecule has 17 heavy (non-hydrogen) atoms. The van der Waals surface area contributed by atoms with Crippen molar-refractivity contribution in [1.82, 2.24) is 0 Å². The van der Waals surface area contributed by atoms with Gasteiger partial charge in [0, 0.05) is 4.90 Å². The first kappa shape index (κ1) is 12.5. The van der Waals surface area contributed by atoms with Crippen LogP contribution in [-0.4, -0.2) is 16.0 Å².